The average Bonchev–Trinajstić information content (AvgIpc) is 3.39. The second-order valence-electron chi connectivity index (χ2n) is 8.14. The number of nitrogens with one attached hydrogen (secondary N) is 2. The van der Waals surface area contributed by atoms with Gasteiger partial charge in [0.25, 0.3) is 0 Å². The first-order valence-electron chi connectivity index (χ1n) is 10.7. The number of carbonyl (C=O) groups is 2. The number of imidazole rings is 1. The number of fused-ring (bicyclic) bond motifs is 1. The summed E-state index contributed by atoms with van der Waals surface area (Å²) in [6.45, 7) is 6.59. The summed E-state index contributed by atoms with van der Waals surface area (Å²) >= 11 is 0. The molecule has 2 heterocycles. The number of aromatic nitrogens is 2. The molecular formula is C24H28N4O3. The summed E-state index contributed by atoms with van der Waals surface area (Å²) in [5, 5.41) is 6.00. The van der Waals surface area contributed by atoms with Gasteiger partial charge >= 0.3 is 0 Å². The molecule has 0 bridgehead atoms. The maximum atomic E-state index is 12.9. The maximum absolute atomic E-state index is 12.9. The van der Waals surface area contributed by atoms with E-state index in [4.69, 9.17) is 9.72 Å². The SMILES string of the molecule is Cc1ccc(NC(=O)Cn2c(C(C)NC(=O)C3CCCO3)nc3ccccc32)c(C)c1. The summed E-state index contributed by atoms with van der Waals surface area (Å²) in [5.41, 5.74) is 4.60. The molecule has 1 aromatic heterocycles. The highest BCUT2D eigenvalue weighted by molar-refractivity contribution is 5.92. The Hall–Kier alpha value is -3.19. The molecule has 2 aromatic carbocycles. The molecule has 31 heavy (non-hydrogen) atoms. The van der Waals surface area contributed by atoms with Crippen LogP contribution >= 0.6 is 0 Å². The molecule has 1 fully saturated rings. The first-order valence-corrected chi connectivity index (χ1v) is 10.7. The number of hydrogen-bond acceptors (Lipinski definition) is 4. The van der Waals surface area contributed by atoms with Gasteiger partial charge in [-0.3, -0.25) is 9.59 Å². The molecular weight excluding hydrogens is 392 g/mol. The number of hydrogen-bond donors (Lipinski definition) is 2. The third-order valence-electron chi connectivity index (χ3n) is 5.61. The van der Waals surface area contributed by atoms with Crippen LogP contribution in [0.3, 0.4) is 0 Å². The van der Waals surface area contributed by atoms with Gasteiger partial charge in [0.05, 0.1) is 17.1 Å². The molecule has 1 saturated heterocycles. The van der Waals surface area contributed by atoms with E-state index in [9.17, 15) is 9.59 Å². The first kappa shape index (κ1) is 21.1. The number of benzene rings is 2. The summed E-state index contributed by atoms with van der Waals surface area (Å²) in [4.78, 5) is 30.1. The Balaban J connectivity index is 1.57. The Kier molecular flexibility index (Phi) is 6.04. The highest BCUT2D eigenvalue weighted by Gasteiger charge is 2.27. The van der Waals surface area contributed by atoms with Crippen LogP contribution in [0.1, 0.15) is 42.8 Å². The van der Waals surface area contributed by atoms with Crippen molar-refractivity contribution in [2.24, 2.45) is 0 Å². The van der Waals surface area contributed by atoms with Crippen LogP contribution in [0.25, 0.3) is 11.0 Å². The Labute approximate surface area is 181 Å². The lowest BCUT2D eigenvalue weighted by atomic mass is 10.1. The number of ether oxygens (including phenoxy) is 1. The molecule has 0 spiro atoms. The van der Waals surface area contributed by atoms with E-state index < -0.39 is 6.10 Å². The van der Waals surface area contributed by atoms with E-state index in [0.29, 0.717) is 12.4 Å². The highest BCUT2D eigenvalue weighted by Crippen LogP contribution is 2.23. The summed E-state index contributed by atoms with van der Waals surface area (Å²) in [6.07, 6.45) is 1.21. The summed E-state index contributed by atoms with van der Waals surface area (Å²) in [7, 11) is 0. The zero-order valence-electron chi connectivity index (χ0n) is 18.1. The highest BCUT2D eigenvalue weighted by atomic mass is 16.5. The second-order valence-corrected chi connectivity index (χ2v) is 8.14. The number of para-hydroxylation sites is 2. The van der Waals surface area contributed by atoms with E-state index in [1.54, 1.807) is 0 Å². The number of aryl methyl sites for hydroxylation is 2. The van der Waals surface area contributed by atoms with E-state index >= 15 is 0 Å². The van der Waals surface area contributed by atoms with Gasteiger partial charge in [0.15, 0.2) is 0 Å². The van der Waals surface area contributed by atoms with E-state index in [-0.39, 0.29) is 24.4 Å². The van der Waals surface area contributed by atoms with Gasteiger partial charge in [-0.2, -0.15) is 0 Å². The minimum Gasteiger partial charge on any atom is -0.368 e. The van der Waals surface area contributed by atoms with Crippen LogP contribution in [0.4, 0.5) is 5.69 Å². The lowest BCUT2D eigenvalue weighted by Crippen LogP contribution is -2.37. The molecule has 2 atom stereocenters. The zero-order valence-corrected chi connectivity index (χ0v) is 18.1. The molecule has 1 aliphatic heterocycles. The Morgan fingerprint density at radius 2 is 2.03 bits per heavy atom. The number of nitrogens with zero attached hydrogens (tertiary/aromatic N) is 2. The van der Waals surface area contributed by atoms with Crippen molar-refractivity contribution in [3.8, 4) is 0 Å². The molecule has 7 heteroatoms. The Morgan fingerprint density at radius 1 is 1.23 bits per heavy atom. The van der Waals surface area contributed by atoms with Crippen molar-refractivity contribution in [2.75, 3.05) is 11.9 Å². The Morgan fingerprint density at radius 3 is 2.77 bits per heavy atom. The molecule has 162 valence electrons. The monoisotopic (exact) mass is 420 g/mol. The van der Waals surface area contributed by atoms with Gasteiger partial charge in [-0.25, -0.2) is 4.98 Å². The lowest BCUT2D eigenvalue weighted by Gasteiger charge is -2.18. The van der Waals surface area contributed by atoms with Gasteiger partial charge in [0.2, 0.25) is 11.8 Å². The third-order valence-corrected chi connectivity index (χ3v) is 5.61. The number of amides is 2. The fourth-order valence-electron chi connectivity index (χ4n) is 4.03. The minimum absolute atomic E-state index is 0.100. The van der Waals surface area contributed by atoms with Crippen molar-refractivity contribution in [1.82, 2.24) is 14.9 Å². The van der Waals surface area contributed by atoms with Crippen molar-refractivity contribution < 1.29 is 14.3 Å². The molecule has 0 aliphatic carbocycles. The van der Waals surface area contributed by atoms with Crippen LogP contribution in [0.5, 0.6) is 0 Å². The fraction of sp³-hybridized carbons (Fsp3) is 0.375. The van der Waals surface area contributed by atoms with Gasteiger partial charge in [0, 0.05) is 12.3 Å². The number of anilines is 1. The topological polar surface area (TPSA) is 85.2 Å². The van der Waals surface area contributed by atoms with Crippen LogP contribution < -0.4 is 10.6 Å². The first-order chi connectivity index (χ1) is 14.9. The van der Waals surface area contributed by atoms with Crippen molar-refractivity contribution in [3.63, 3.8) is 0 Å². The van der Waals surface area contributed by atoms with E-state index in [1.807, 2.05) is 67.8 Å². The molecule has 2 amide bonds. The molecule has 0 radical (unpaired) electrons. The second kappa shape index (κ2) is 8.89. The van der Waals surface area contributed by atoms with Crippen molar-refractivity contribution in [1.29, 1.82) is 0 Å². The predicted molar refractivity (Wildman–Crippen MR) is 120 cm³/mol. The predicted octanol–water partition coefficient (Wildman–Crippen LogP) is 3.65. The summed E-state index contributed by atoms with van der Waals surface area (Å²) in [6, 6.07) is 13.2. The van der Waals surface area contributed by atoms with Crippen molar-refractivity contribution in [3.05, 3.63) is 59.4 Å². The summed E-state index contributed by atoms with van der Waals surface area (Å²) in [5.74, 6) is 0.362. The largest absolute Gasteiger partial charge is 0.368 e. The van der Waals surface area contributed by atoms with Crippen molar-refractivity contribution in [2.45, 2.75) is 52.3 Å². The number of carbonyl (C=O) groups excluding carboxylic acids is 2. The lowest BCUT2D eigenvalue weighted by molar-refractivity contribution is -0.130. The van der Waals surface area contributed by atoms with Crippen LogP contribution in [0, 0.1) is 13.8 Å². The number of rotatable bonds is 6. The van der Waals surface area contributed by atoms with Crippen LogP contribution in [0.15, 0.2) is 42.5 Å². The smallest absolute Gasteiger partial charge is 0.249 e. The van der Waals surface area contributed by atoms with Gasteiger partial charge < -0.3 is 19.9 Å². The van der Waals surface area contributed by atoms with Crippen LogP contribution in [-0.4, -0.2) is 34.1 Å². The third kappa shape index (κ3) is 4.61. The molecule has 1 aliphatic rings. The average molecular weight is 421 g/mol. The minimum atomic E-state index is -0.409. The summed E-state index contributed by atoms with van der Waals surface area (Å²) < 4.78 is 7.36. The molecule has 2 N–H and O–H groups in total. The van der Waals surface area contributed by atoms with E-state index in [2.05, 4.69) is 10.6 Å². The van der Waals surface area contributed by atoms with Gasteiger partial charge in [0.1, 0.15) is 18.5 Å². The fourth-order valence-corrected chi connectivity index (χ4v) is 4.03. The molecule has 3 aromatic rings. The molecule has 7 nitrogen and oxygen atoms in total. The van der Waals surface area contributed by atoms with Gasteiger partial charge in [-0.15, -0.1) is 0 Å². The van der Waals surface area contributed by atoms with Crippen LogP contribution in [0.2, 0.25) is 0 Å². The van der Waals surface area contributed by atoms with E-state index in [0.717, 1.165) is 40.7 Å². The molecule has 0 saturated carbocycles. The van der Waals surface area contributed by atoms with Gasteiger partial charge in [-0.05, 0) is 57.4 Å². The molecule has 2 unspecified atom stereocenters. The normalized spacial score (nSPS) is 16.9. The quantitative estimate of drug-likeness (QED) is 0.637. The van der Waals surface area contributed by atoms with E-state index in [1.165, 1.54) is 0 Å². The maximum Gasteiger partial charge on any atom is 0.249 e. The van der Waals surface area contributed by atoms with Gasteiger partial charge in [-0.1, -0.05) is 29.8 Å². The standard InChI is InChI=1S/C24H28N4O3/c1-15-10-11-18(16(2)13-15)26-22(29)14-28-20-8-5-4-7-19(20)27-23(28)17(3)25-24(30)21-9-6-12-31-21/h4-5,7-8,10-11,13,17,21H,6,9,12,14H2,1-3H3,(H,25,30)(H,26,29). The zero-order chi connectivity index (χ0) is 22.0. The van der Waals surface area contributed by atoms with Crippen LogP contribution in [-0.2, 0) is 20.9 Å². The molecule has 4 rings (SSSR count). The van der Waals surface area contributed by atoms with Crippen molar-refractivity contribution >= 4 is 28.5 Å². The Bertz CT molecular complexity index is 1120.